The number of rotatable bonds is 8. The van der Waals surface area contributed by atoms with E-state index in [1.807, 2.05) is 34.6 Å². The molecule has 1 N–H and O–H groups in total. The molecule has 1 unspecified atom stereocenters. The van der Waals surface area contributed by atoms with Crippen molar-refractivity contribution in [1.82, 2.24) is 9.47 Å². The number of carbonyl (C=O) groups excluding carboxylic acids is 1. The van der Waals surface area contributed by atoms with E-state index in [1.54, 1.807) is 13.0 Å². The summed E-state index contributed by atoms with van der Waals surface area (Å²) in [4.78, 5) is 26.5. The summed E-state index contributed by atoms with van der Waals surface area (Å²) in [6.07, 6.45) is 4.29. The first-order valence-corrected chi connectivity index (χ1v) is 11.8. The molecule has 1 heterocycles. The molecule has 1 aromatic heterocycles. The van der Waals surface area contributed by atoms with Crippen LogP contribution < -0.4 is 0 Å². The molecule has 1 aliphatic rings. The standard InChI is InChI=1S/C27H31FN2O3/c1-3-24(27(32)33)30-25-13-11-20(28)16-22(25)23-17-21(12-14-26(23)30)29(18(2)31)15-7-10-19-8-5-4-6-9-19/h4-6,8-9,11,13,16,21,24H,3,7,10,12,14-15,17H2,1-2H3,(H,32,33)/t21-,24?/m0/s1. The second-order valence-corrected chi connectivity index (χ2v) is 8.92. The van der Waals surface area contributed by atoms with Gasteiger partial charge >= 0.3 is 5.97 Å². The largest absolute Gasteiger partial charge is 0.480 e. The molecule has 0 fully saturated rings. The Morgan fingerprint density at radius 2 is 1.97 bits per heavy atom. The van der Waals surface area contributed by atoms with Gasteiger partial charge in [-0.1, -0.05) is 37.3 Å². The molecule has 2 atom stereocenters. The van der Waals surface area contributed by atoms with Gasteiger partial charge < -0.3 is 14.6 Å². The number of benzene rings is 2. The molecule has 0 bridgehead atoms. The Bertz CT molecular complexity index is 1160. The zero-order valence-electron chi connectivity index (χ0n) is 19.3. The number of amides is 1. The van der Waals surface area contributed by atoms with Crippen LogP contribution in [-0.2, 0) is 28.9 Å². The molecule has 5 nitrogen and oxygen atoms in total. The highest BCUT2D eigenvalue weighted by molar-refractivity contribution is 5.88. The summed E-state index contributed by atoms with van der Waals surface area (Å²) in [6.45, 7) is 4.14. The Labute approximate surface area is 193 Å². The van der Waals surface area contributed by atoms with E-state index in [1.165, 1.54) is 17.7 Å². The smallest absolute Gasteiger partial charge is 0.326 e. The van der Waals surface area contributed by atoms with Crippen LogP contribution in [0.1, 0.15) is 56.0 Å². The van der Waals surface area contributed by atoms with Crippen molar-refractivity contribution in [2.24, 2.45) is 0 Å². The number of hydrogen-bond donors (Lipinski definition) is 1. The quantitative estimate of drug-likeness (QED) is 0.516. The number of carbonyl (C=O) groups is 2. The first-order valence-electron chi connectivity index (χ1n) is 11.8. The summed E-state index contributed by atoms with van der Waals surface area (Å²) < 4.78 is 16.1. The van der Waals surface area contributed by atoms with Gasteiger partial charge in [0.05, 0.1) is 0 Å². The number of fused-ring (bicyclic) bond motifs is 3. The van der Waals surface area contributed by atoms with Crippen LogP contribution in [0.2, 0.25) is 0 Å². The minimum absolute atomic E-state index is 0.0259. The van der Waals surface area contributed by atoms with Gasteiger partial charge in [0.1, 0.15) is 11.9 Å². The molecule has 174 valence electrons. The highest BCUT2D eigenvalue weighted by atomic mass is 19.1. The van der Waals surface area contributed by atoms with Crippen LogP contribution in [0.4, 0.5) is 4.39 Å². The van der Waals surface area contributed by atoms with Crippen LogP contribution in [0.5, 0.6) is 0 Å². The van der Waals surface area contributed by atoms with Gasteiger partial charge in [0.2, 0.25) is 5.91 Å². The molecule has 0 saturated heterocycles. The van der Waals surface area contributed by atoms with Gasteiger partial charge in [-0.3, -0.25) is 4.79 Å². The van der Waals surface area contributed by atoms with Crippen LogP contribution in [0.3, 0.4) is 0 Å². The Morgan fingerprint density at radius 3 is 2.64 bits per heavy atom. The van der Waals surface area contributed by atoms with Crippen molar-refractivity contribution in [2.75, 3.05) is 6.54 Å². The number of carboxylic acid groups (broad SMARTS) is 1. The van der Waals surface area contributed by atoms with Gasteiger partial charge in [0, 0.05) is 36.1 Å². The van der Waals surface area contributed by atoms with Crippen LogP contribution in [0, 0.1) is 5.82 Å². The Hall–Kier alpha value is -3.15. The average molecular weight is 451 g/mol. The maximum atomic E-state index is 14.2. The molecule has 0 spiro atoms. The van der Waals surface area contributed by atoms with Crippen molar-refractivity contribution in [1.29, 1.82) is 0 Å². The zero-order valence-corrected chi connectivity index (χ0v) is 19.3. The highest BCUT2D eigenvalue weighted by Gasteiger charge is 2.33. The number of aliphatic carboxylic acids is 1. The summed E-state index contributed by atoms with van der Waals surface area (Å²) in [7, 11) is 0. The Kier molecular flexibility index (Phi) is 6.82. The first kappa shape index (κ1) is 23.0. The number of carboxylic acids is 1. The van der Waals surface area contributed by atoms with E-state index in [4.69, 9.17) is 0 Å². The number of hydrogen-bond acceptors (Lipinski definition) is 2. The topological polar surface area (TPSA) is 62.5 Å². The Balaban J connectivity index is 1.62. The van der Waals surface area contributed by atoms with E-state index in [9.17, 15) is 19.1 Å². The second kappa shape index (κ2) is 9.77. The van der Waals surface area contributed by atoms with Gasteiger partial charge in [-0.25, -0.2) is 9.18 Å². The molecule has 1 aliphatic carbocycles. The minimum Gasteiger partial charge on any atom is -0.480 e. The van der Waals surface area contributed by atoms with E-state index in [2.05, 4.69) is 12.1 Å². The van der Waals surface area contributed by atoms with Crippen LogP contribution in [0.15, 0.2) is 48.5 Å². The molecule has 3 aromatic rings. The van der Waals surface area contributed by atoms with Crippen molar-refractivity contribution in [2.45, 2.75) is 64.5 Å². The third-order valence-electron chi connectivity index (χ3n) is 6.87. The summed E-state index contributed by atoms with van der Waals surface area (Å²) in [5, 5.41) is 10.6. The van der Waals surface area contributed by atoms with Crippen molar-refractivity contribution in [3.8, 4) is 0 Å². The SMILES string of the molecule is CCC(C(=O)O)n1c2c(c3cc(F)ccc31)C[C@@H](N(CCCc1ccccc1)C(C)=O)CC2. The number of nitrogens with zero attached hydrogens (tertiary/aromatic N) is 2. The number of halogens is 1. The normalized spacial score (nSPS) is 16.4. The lowest BCUT2D eigenvalue weighted by Gasteiger charge is -2.35. The third kappa shape index (κ3) is 4.65. The van der Waals surface area contributed by atoms with E-state index < -0.39 is 12.0 Å². The summed E-state index contributed by atoms with van der Waals surface area (Å²) in [5.41, 5.74) is 3.96. The van der Waals surface area contributed by atoms with Crippen molar-refractivity contribution < 1.29 is 19.1 Å². The molecule has 0 aliphatic heterocycles. The van der Waals surface area contributed by atoms with Crippen LogP contribution >= 0.6 is 0 Å². The van der Waals surface area contributed by atoms with Gasteiger partial charge in [-0.2, -0.15) is 0 Å². The maximum absolute atomic E-state index is 14.2. The van der Waals surface area contributed by atoms with Gasteiger partial charge in [-0.15, -0.1) is 0 Å². The molecule has 33 heavy (non-hydrogen) atoms. The van der Waals surface area contributed by atoms with Gasteiger partial charge in [0.15, 0.2) is 0 Å². The molecule has 6 heteroatoms. The lowest BCUT2D eigenvalue weighted by molar-refractivity contribution is -0.141. The number of aromatic nitrogens is 1. The van der Waals surface area contributed by atoms with Gasteiger partial charge in [-0.05, 0) is 67.9 Å². The minimum atomic E-state index is -0.880. The fraction of sp³-hybridized carbons (Fsp3) is 0.407. The molecule has 4 rings (SSSR count). The molecule has 1 amide bonds. The lowest BCUT2D eigenvalue weighted by atomic mass is 9.90. The molecule has 0 saturated carbocycles. The van der Waals surface area contributed by atoms with E-state index in [0.717, 1.165) is 41.4 Å². The van der Waals surface area contributed by atoms with E-state index in [-0.39, 0.29) is 17.8 Å². The first-order chi connectivity index (χ1) is 15.9. The summed E-state index contributed by atoms with van der Waals surface area (Å²) >= 11 is 0. The zero-order chi connectivity index (χ0) is 23.5. The predicted octanol–water partition coefficient (Wildman–Crippen LogP) is 5.15. The third-order valence-corrected chi connectivity index (χ3v) is 6.87. The highest BCUT2D eigenvalue weighted by Crippen LogP contribution is 2.37. The molecule has 0 radical (unpaired) electrons. The number of aryl methyl sites for hydroxylation is 1. The van der Waals surface area contributed by atoms with Crippen molar-refractivity contribution in [3.05, 3.63) is 71.2 Å². The maximum Gasteiger partial charge on any atom is 0.326 e. The van der Waals surface area contributed by atoms with Gasteiger partial charge in [0.25, 0.3) is 0 Å². The Morgan fingerprint density at radius 1 is 1.21 bits per heavy atom. The average Bonchev–Trinajstić information content (AvgIpc) is 3.10. The fourth-order valence-electron chi connectivity index (χ4n) is 5.33. The van der Waals surface area contributed by atoms with Crippen LogP contribution in [0.25, 0.3) is 10.9 Å². The lowest BCUT2D eigenvalue weighted by Crippen LogP contribution is -2.43. The molecular formula is C27H31FN2O3. The van der Waals surface area contributed by atoms with E-state index >= 15 is 0 Å². The van der Waals surface area contributed by atoms with Crippen molar-refractivity contribution in [3.63, 3.8) is 0 Å². The van der Waals surface area contributed by atoms with Crippen molar-refractivity contribution >= 4 is 22.8 Å². The molecular weight excluding hydrogens is 419 g/mol. The molecule has 2 aromatic carbocycles. The van der Waals surface area contributed by atoms with E-state index in [0.29, 0.717) is 25.8 Å². The predicted molar refractivity (Wildman–Crippen MR) is 127 cm³/mol. The second-order valence-electron chi connectivity index (χ2n) is 8.92. The summed E-state index contributed by atoms with van der Waals surface area (Å²) in [6, 6.07) is 14.2. The fourth-order valence-corrected chi connectivity index (χ4v) is 5.33. The monoisotopic (exact) mass is 450 g/mol. The summed E-state index contributed by atoms with van der Waals surface area (Å²) in [5.74, 6) is -1.17. The van der Waals surface area contributed by atoms with Crippen LogP contribution in [-0.4, -0.2) is 39.0 Å².